The number of hydrogen-bond acceptors (Lipinski definition) is 4. The van der Waals surface area contributed by atoms with Crippen LogP contribution in [0.2, 0.25) is 5.02 Å². The largest absolute Gasteiger partial charge is 0.486 e. The maximum absolute atomic E-state index is 12.1. The molecule has 1 aliphatic carbocycles. The molecule has 1 aromatic heterocycles. The van der Waals surface area contributed by atoms with Crippen LogP contribution in [0.5, 0.6) is 5.75 Å². The van der Waals surface area contributed by atoms with Gasteiger partial charge in [0.25, 0.3) is 0 Å². The van der Waals surface area contributed by atoms with Gasteiger partial charge in [0.05, 0.1) is 12.2 Å². The van der Waals surface area contributed by atoms with E-state index < -0.39 is 0 Å². The fourth-order valence-corrected chi connectivity index (χ4v) is 3.17. The molecule has 2 amide bonds. The van der Waals surface area contributed by atoms with Crippen LogP contribution in [0.4, 0.5) is 4.79 Å². The van der Waals surface area contributed by atoms with E-state index in [-0.39, 0.29) is 6.03 Å². The lowest BCUT2D eigenvalue weighted by Crippen LogP contribution is -2.40. The van der Waals surface area contributed by atoms with Gasteiger partial charge >= 0.3 is 6.03 Å². The Morgan fingerprint density at radius 3 is 2.83 bits per heavy atom. The highest BCUT2D eigenvalue weighted by molar-refractivity contribution is 7.09. The van der Waals surface area contributed by atoms with E-state index in [1.165, 1.54) is 0 Å². The van der Waals surface area contributed by atoms with Crippen LogP contribution in [-0.4, -0.2) is 28.5 Å². The summed E-state index contributed by atoms with van der Waals surface area (Å²) >= 11 is 7.41. The van der Waals surface area contributed by atoms with E-state index in [1.54, 1.807) is 23.5 Å². The summed E-state index contributed by atoms with van der Waals surface area (Å²) in [6, 6.07) is 7.61. The summed E-state index contributed by atoms with van der Waals surface area (Å²) in [5.41, 5.74) is 0.910. The first-order valence-electron chi connectivity index (χ1n) is 8.02. The van der Waals surface area contributed by atoms with Crippen molar-refractivity contribution in [3.8, 4) is 5.75 Å². The van der Waals surface area contributed by atoms with E-state index in [9.17, 15) is 4.79 Å². The van der Waals surface area contributed by atoms with Crippen LogP contribution in [0.1, 0.15) is 30.5 Å². The van der Waals surface area contributed by atoms with Gasteiger partial charge in [0.1, 0.15) is 17.4 Å². The Balaban J connectivity index is 1.56. The number of rotatable bonds is 7. The van der Waals surface area contributed by atoms with Gasteiger partial charge in [-0.1, -0.05) is 11.6 Å². The topological polar surface area (TPSA) is 54.5 Å². The third kappa shape index (κ3) is 4.61. The van der Waals surface area contributed by atoms with Crippen molar-refractivity contribution >= 4 is 29.0 Å². The number of nitrogens with zero attached hydrogens (tertiary/aromatic N) is 2. The van der Waals surface area contributed by atoms with E-state index in [4.69, 9.17) is 16.3 Å². The number of aromatic nitrogens is 1. The molecule has 1 fully saturated rings. The van der Waals surface area contributed by atoms with Crippen molar-refractivity contribution in [1.29, 1.82) is 0 Å². The number of urea groups is 1. The molecule has 1 saturated carbocycles. The fourth-order valence-electron chi connectivity index (χ4n) is 2.34. The van der Waals surface area contributed by atoms with E-state index in [0.717, 1.165) is 29.3 Å². The quantitative estimate of drug-likeness (QED) is 0.804. The maximum Gasteiger partial charge on any atom is 0.317 e. The zero-order chi connectivity index (χ0) is 16.9. The average Bonchev–Trinajstić information content (AvgIpc) is 3.32. The van der Waals surface area contributed by atoms with Crippen LogP contribution in [0, 0.1) is 0 Å². The molecule has 24 heavy (non-hydrogen) atoms. The van der Waals surface area contributed by atoms with E-state index in [2.05, 4.69) is 10.3 Å². The zero-order valence-electron chi connectivity index (χ0n) is 13.5. The Labute approximate surface area is 150 Å². The number of thiazole rings is 1. The minimum absolute atomic E-state index is 0.00744. The number of carbonyl (C=O) groups is 1. The van der Waals surface area contributed by atoms with Crippen LogP contribution >= 0.6 is 22.9 Å². The smallest absolute Gasteiger partial charge is 0.317 e. The Morgan fingerprint density at radius 2 is 2.17 bits per heavy atom. The third-order valence-corrected chi connectivity index (χ3v) is 4.81. The number of carbonyl (C=O) groups excluding carboxylic acids is 1. The third-order valence-electron chi connectivity index (χ3n) is 3.68. The number of halogens is 1. The maximum atomic E-state index is 12.1. The Hall–Kier alpha value is -1.79. The molecule has 3 rings (SSSR count). The molecule has 0 radical (unpaired) electrons. The highest BCUT2D eigenvalue weighted by atomic mass is 35.5. The Morgan fingerprint density at radius 1 is 1.42 bits per heavy atom. The molecule has 128 valence electrons. The molecule has 0 bridgehead atoms. The molecule has 0 unspecified atom stereocenters. The molecule has 1 heterocycles. The van der Waals surface area contributed by atoms with Gasteiger partial charge in [0.2, 0.25) is 0 Å². The van der Waals surface area contributed by atoms with Crippen LogP contribution in [-0.2, 0) is 13.2 Å². The monoisotopic (exact) mass is 365 g/mol. The van der Waals surface area contributed by atoms with Crippen molar-refractivity contribution in [2.45, 2.75) is 39.0 Å². The van der Waals surface area contributed by atoms with Gasteiger partial charge in [-0.25, -0.2) is 9.78 Å². The predicted octanol–water partition coefficient (Wildman–Crippen LogP) is 4.07. The molecular weight excluding hydrogens is 346 g/mol. The lowest BCUT2D eigenvalue weighted by Gasteiger charge is -2.21. The highest BCUT2D eigenvalue weighted by Gasteiger charge is 2.32. The lowest BCUT2D eigenvalue weighted by atomic mass is 10.3. The van der Waals surface area contributed by atoms with Crippen molar-refractivity contribution in [3.05, 3.63) is 45.4 Å². The number of nitrogens with one attached hydrogen (secondary N) is 1. The minimum Gasteiger partial charge on any atom is -0.486 e. The van der Waals surface area contributed by atoms with Crippen LogP contribution in [0.3, 0.4) is 0 Å². The Kier molecular flexibility index (Phi) is 5.58. The molecule has 0 atom stereocenters. The molecule has 1 aromatic carbocycles. The van der Waals surface area contributed by atoms with Crippen molar-refractivity contribution < 1.29 is 9.53 Å². The second kappa shape index (κ2) is 7.85. The van der Waals surface area contributed by atoms with Crippen molar-refractivity contribution in [2.24, 2.45) is 0 Å². The molecule has 7 heteroatoms. The van der Waals surface area contributed by atoms with Gasteiger partial charge in [-0.2, -0.15) is 0 Å². The van der Waals surface area contributed by atoms with E-state index in [1.807, 2.05) is 29.3 Å². The van der Waals surface area contributed by atoms with Gasteiger partial charge in [0.15, 0.2) is 0 Å². The number of ether oxygens (including phenoxy) is 1. The van der Waals surface area contributed by atoms with Gasteiger partial charge in [0, 0.05) is 23.0 Å². The van der Waals surface area contributed by atoms with Crippen molar-refractivity contribution in [3.63, 3.8) is 0 Å². The summed E-state index contributed by atoms with van der Waals surface area (Å²) in [6.45, 7) is 3.53. The summed E-state index contributed by atoms with van der Waals surface area (Å²) < 4.78 is 5.71. The second-order valence-electron chi connectivity index (χ2n) is 5.67. The second-order valence-corrected chi connectivity index (χ2v) is 7.05. The van der Waals surface area contributed by atoms with E-state index >= 15 is 0 Å². The molecule has 0 saturated heterocycles. The first kappa shape index (κ1) is 17.0. The highest BCUT2D eigenvalue weighted by Crippen LogP contribution is 2.28. The molecular formula is C17H20ClN3O2S. The number of amides is 2. The lowest BCUT2D eigenvalue weighted by molar-refractivity contribution is 0.192. The first-order valence-corrected chi connectivity index (χ1v) is 9.27. The van der Waals surface area contributed by atoms with Gasteiger partial charge in [-0.05, 0) is 44.0 Å². The van der Waals surface area contributed by atoms with Crippen LogP contribution < -0.4 is 10.1 Å². The fraction of sp³-hybridized carbons (Fsp3) is 0.412. The van der Waals surface area contributed by atoms with E-state index in [0.29, 0.717) is 30.8 Å². The number of benzene rings is 1. The molecule has 1 N–H and O–H groups in total. The normalized spacial score (nSPS) is 13.6. The zero-order valence-corrected chi connectivity index (χ0v) is 15.1. The summed E-state index contributed by atoms with van der Waals surface area (Å²) in [6.07, 6.45) is 2.15. The summed E-state index contributed by atoms with van der Waals surface area (Å²) in [7, 11) is 0. The van der Waals surface area contributed by atoms with Gasteiger partial charge < -0.3 is 15.0 Å². The van der Waals surface area contributed by atoms with Crippen LogP contribution in [0.15, 0.2) is 29.6 Å². The molecule has 0 spiro atoms. The minimum atomic E-state index is -0.00744. The van der Waals surface area contributed by atoms with Crippen molar-refractivity contribution in [2.75, 3.05) is 6.54 Å². The van der Waals surface area contributed by atoms with Gasteiger partial charge in [-0.3, -0.25) is 0 Å². The summed E-state index contributed by atoms with van der Waals surface area (Å²) in [5, 5.41) is 6.45. The summed E-state index contributed by atoms with van der Waals surface area (Å²) in [4.78, 5) is 18.6. The average molecular weight is 366 g/mol. The Bertz CT molecular complexity index is 685. The first-order chi connectivity index (χ1) is 11.7. The molecule has 5 nitrogen and oxygen atoms in total. The number of hydrogen-bond donors (Lipinski definition) is 1. The molecule has 0 aliphatic heterocycles. The van der Waals surface area contributed by atoms with Gasteiger partial charge in [-0.15, -0.1) is 11.3 Å². The molecule has 1 aliphatic rings. The standard InChI is InChI=1S/C17H20ClN3O2S/c1-2-19-17(22)21(14-5-6-14)9-13-11-24-16(20-13)10-23-15-7-3-12(18)4-8-15/h3-4,7-8,11,14H,2,5-6,9-10H2,1H3,(H,19,22). The predicted molar refractivity (Wildman–Crippen MR) is 95.5 cm³/mol. The molecule has 2 aromatic rings. The van der Waals surface area contributed by atoms with Crippen LogP contribution in [0.25, 0.3) is 0 Å². The van der Waals surface area contributed by atoms with Crippen molar-refractivity contribution in [1.82, 2.24) is 15.2 Å². The SMILES string of the molecule is CCNC(=O)N(Cc1csc(COc2ccc(Cl)cc2)n1)C1CC1. The summed E-state index contributed by atoms with van der Waals surface area (Å²) in [5.74, 6) is 0.762.